The summed E-state index contributed by atoms with van der Waals surface area (Å²) in [5, 5.41) is 1.11. The molecule has 4 heteroatoms. The average molecular weight is 248 g/mol. The maximum atomic E-state index is 5.65. The third-order valence-electron chi connectivity index (χ3n) is 2.61. The van der Waals surface area contributed by atoms with E-state index in [1.54, 1.807) is 18.4 Å². The van der Waals surface area contributed by atoms with Crippen molar-refractivity contribution < 1.29 is 4.74 Å². The van der Waals surface area contributed by atoms with Crippen molar-refractivity contribution in [2.45, 2.75) is 19.9 Å². The van der Waals surface area contributed by atoms with Gasteiger partial charge in [-0.15, -0.1) is 11.3 Å². The van der Waals surface area contributed by atoms with E-state index in [-0.39, 0.29) is 0 Å². The van der Waals surface area contributed by atoms with Crippen LogP contribution in [0.3, 0.4) is 0 Å². The summed E-state index contributed by atoms with van der Waals surface area (Å²) < 4.78 is 5.21. The van der Waals surface area contributed by atoms with Crippen LogP contribution in [0.4, 0.5) is 0 Å². The van der Waals surface area contributed by atoms with Crippen molar-refractivity contribution in [1.82, 2.24) is 4.98 Å². The predicted octanol–water partition coefficient (Wildman–Crippen LogP) is 2.51. The SMILES string of the molecule is COc1cccc(Cc2nc(C)c(CN)s2)c1. The van der Waals surface area contributed by atoms with Crippen LogP contribution >= 0.6 is 11.3 Å². The van der Waals surface area contributed by atoms with Crippen molar-refractivity contribution in [3.8, 4) is 5.75 Å². The van der Waals surface area contributed by atoms with Crippen LogP contribution in [0.25, 0.3) is 0 Å². The molecule has 90 valence electrons. The van der Waals surface area contributed by atoms with Gasteiger partial charge >= 0.3 is 0 Å². The highest BCUT2D eigenvalue weighted by atomic mass is 32.1. The summed E-state index contributed by atoms with van der Waals surface area (Å²) in [5.41, 5.74) is 7.91. The minimum Gasteiger partial charge on any atom is -0.497 e. The van der Waals surface area contributed by atoms with Crippen molar-refractivity contribution in [3.05, 3.63) is 45.4 Å². The zero-order chi connectivity index (χ0) is 12.3. The Morgan fingerprint density at radius 3 is 2.88 bits per heavy atom. The van der Waals surface area contributed by atoms with Gasteiger partial charge in [-0.25, -0.2) is 4.98 Å². The normalized spacial score (nSPS) is 10.5. The Bertz CT molecular complexity index is 508. The molecule has 0 aliphatic heterocycles. The summed E-state index contributed by atoms with van der Waals surface area (Å²) in [6.07, 6.45) is 0.836. The van der Waals surface area contributed by atoms with Gasteiger partial charge in [0.1, 0.15) is 5.75 Å². The van der Waals surface area contributed by atoms with Gasteiger partial charge in [0.15, 0.2) is 0 Å². The molecule has 1 aromatic heterocycles. The van der Waals surface area contributed by atoms with E-state index in [0.717, 1.165) is 22.9 Å². The second-order valence-corrected chi connectivity index (χ2v) is 5.02. The van der Waals surface area contributed by atoms with E-state index in [9.17, 15) is 0 Å². The standard InChI is InChI=1S/C13H16N2OS/c1-9-12(8-14)17-13(15-9)7-10-4-3-5-11(6-10)16-2/h3-6H,7-8,14H2,1-2H3. The Kier molecular flexibility index (Phi) is 3.76. The summed E-state index contributed by atoms with van der Waals surface area (Å²) >= 11 is 1.69. The second kappa shape index (κ2) is 5.29. The first-order chi connectivity index (χ1) is 8.22. The van der Waals surface area contributed by atoms with Crippen molar-refractivity contribution in [2.75, 3.05) is 7.11 Å². The number of nitrogens with zero attached hydrogens (tertiary/aromatic N) is 1. The van der Waals surface area contributed by atoms with Gasteiger partial charge in [0, 0.05) is 17.8 Å². The zero-order valence-corrected chi connectivity index (χ0v) is 10.9. The fourth-order valence-corrected chi connectivity index (χ4v) is 2.69. The third-order valence-corrected chi connectivity index (χ3v) is 3.79. The lowest BCUT2D eigenvalue weighted by Crippen LogP contribution is -1.94. The van der Waals surface area contributed by atoms with E-state index in [4.69, 9.17) is 10.5 Å². The van der Waals surface area contributed by atoms with Crippen LogP contribution in [0.1, 0.15) is 21.1 Å². The fraction of sp³-hybridized carbons (Fsp3) is 0.308. The minimum atomic E-state index is 0.571. The van der Waals surface area contributed by atoms with Gasteiger partial charge in [-0.2, -0.15) is 0 Å². The van der Waals surface area contributed by atoms with Crippen molar-refractivity contribution in [2.24, 2.45) is 5.73 Å². The summed E-state index contributed by atoms with van der Waals surface area (Å²) in [6, 6.07) is 8.07. The smallest absolute Gasteiger partial charge is 0.119 e. The quantitative estimate of drug-likeness (QED) is 0.904. The third kappa shape index (κ3) is 2.84. The van der Waals surface area contributed by atoms with E-state index < -0.39 is 0 Å². The Morgan fingerprint density at radius 1 is 1.41 bits per heavy atom. The van der Waals surface area contributed by atoms with Crippen LogP contribution in [0.5, 0.6) is 5.75 Å². The fourth-order valence-electron chi connectivity index (χ4n) is 1.71. The molecule has 0 aliphatic carbocycles. The predicted molar refractivity (Wildman–Crippen MR) is 70.5 cm³/mol. The molecule has 0 radical (unpaired) electrons. The highest BCUT2D eigenvalue weighted by Crippen LogP contribution is 2.22. The Hall–Kier alpha value is -1.39. The number of thiazole rings is 1. The molecule has 0 amide bonds. The molecule has 17 heavy (non-hydrogen) atoms. The molecule has 0 aliphatic rings. The van der Waals surface area contributed by atoms with E-state index in [0.29, 0.717) is 6.54 Å². The first-order valence-corrected chi connectivity index (χ1v) is 6.32. The number of aryl methyl sites for hydroxylation is 1. The van der Waals surface area contributed by atoms with Crippen LogP contribution in [-0.4, -0.2) is 12.1 Å². The van der Waals surface area contributed by atoms with Crippen molar-refractivity contribution in [3.63, 3.8) is 0 Å². The van der Waals surface area contributed by atoms with E-state index in [2.05, 4.69) is 11.1 Å². The largest absolute Gasteiger partial charge is 0.497 e. The van der Waals surface area contributed by atoms with Gasteiger partial charge in [-0.1, -0.05) is 12.1 Å². The number of ether oxygens (including phenoxy) is 1. The number of nitrogens with two attached hydrogens (primary N) is 1. The number of aromatic nitrogens is 1. The minimum absolute atomic E-state index is 0.571. The Labute approximate surface area is 105 Å². The molecule has 1 aromatic carbocycles. The molecule has 1 heterocycles. The second-order valence-electron chi connectivity index (χ2n) is 3.85. The monoisotopic (exact) mass is 248 g/mol. The lowest BCUT2D eigenvalue weighted by atomic mass is 10.1. The Balaban J connectivity index is 2.18. The number of rotatable bonds is 4. The molecule has 2 N–H and O–H groups in total. The van der Waals surface area contributed by atoms with E-state index in [1.807, 2.05) is 25.1 Å². The number of methoxy groups -OCH3 is 1. The van der Waals surface area contributed by atoms with Gasteiger partial charge < -0.3 is 10.5 Å². The van der Waals surface area contributed by atoms with Crippen LogP contribution in [0, 0.1) is 6.92 Å². The lowest BCUT2D eigenvalue weighted by molar-refractivity contribution is 0.414. The van der Waals surface area contributed by atoms with Crippen molar-refractivity contribution >= 4 is 11.3 Å². The summed E-state index contributed by atoms with van der Waals surface area (Å²) in [5.74, 6) is 0.884. The molecule has 0 unspecified atom stereocenters. The highest BCUT2D eigenvalue weighted by Gasteiger charge is 2.07. The molecule has 0 atom stereocenters. The molecule has 0 bridgehead atoms. The highest BCUT2D eigenvalue weighted by molar-refractivity contribution is 7.11. The van der Waals surface area contributed by atoms with Gasteiger partial charge in [-0.3, -0.25) is 0 Å². The summed E-state index contributed by atoms with van der Waals surface area (Å²) in [4.78, 5) is 5.70. The number of benzene rings is 1. The molecule has 0 saturated carbocycles. The Morgan fingerprint density at radius 2 is 2.24 bits per heavy atom. The van der Waals surface area contributed by atoms with Gasteiger partial charge in [0.05, 0.1) is 17.8 Å². The molecular weight excluding hydrogens is 232 g/mol. The molecule has 0 saturated heterocycles. The zero-order valence-electron chi connectivity index (χ0n) is 10.1. The van der Waals surface area contributed by atoms with Crippen LogP contribution in [-0.2, 0) is 13.0 Å². The summed E-state index contributed by atoms with van der Waals surface area (Å²) in [7, 11) is 1.68. The van der Waals surface area contributed by atoms with Crippen LogP contribution < -0.4 is 10.5 Å². The first-order valence-electron chi connectivity index (χ1n) is 5.51. The molecule has 0 fully saturated rings. The van der Waals surface area contributed by atoms with Crippen LogP contribution in [0.2, 0.25) is 0 Å². The van der Waals surface area contributed by atoms with Gasteiger partial charge in [-0.05, 0) is 24.6 Å². The number of hydrogen-bond donors (Lipinski definition) is 1. The molecule has 2 aromatic rings. The van der Waals surface area contributed by atoms with Gasteiger partial charge in [0.2, 0.25) is 0 Å². The molecule has 2 rings (SSSR count). The molecule has 0 spiro atoms. The average Bonchev–Trinajstić information content (AvgIpc) is 2.69. The molecular formula is C13H16N2OS. The first kappa shape index (κ1) is 12.1. The lowest BCUT2D eigenvalue weighted by Gasteiger charge is -2.02. The van der Waals surface area contributed by atoms with E-state index >= 15 is 0 Å². The molecule has 3 nitrogen and oxygen atoms in total. The summed E-state index contributed by atoms with van der Waals surface area (Å²) in [6.45, 7) is 2.58. The number of hydrogen-bond acceptors (Lipinski definition) is 4. The van der Waals surface area contributed by atoms with Gasteiger partial charge in [0.25, 0.3) is 0 Å². The van der Waals surface area contributed by atoms with Crippen LogP contribution in [0.15, 0.2) is 24.3 Å². The maximum absolute atomic E-state index is 5.65. The topological polar surface area (TPSA) is 48.1 Å². The van der Waals surface area contributed by atoms with Crippen molar-refractivity contribution in [1.29, 1.82) is 0 Å². The maximum Gasteiger partial charge on any atom is 0.119 e. The van der Waals surface area contributed by atoms with E-state index in [1.165, 1.54) is 10.4 Å².